The van der Waals surface area contributed by atoms with Crippen molar-refractivity contribution in [2.24, 2.45) is 0 Å². The van der Waals surface area contributed by atoms with Gasteiger partial charge in [-0.2, -0.15) is 0 Å². The number of alkyl halides is 1. The SMILES string of the molecule is CC(Cl)COCC(=O)Cl. The summed E-state index contributed by atoms with van der Waals surface area (Å²) in [5, 5.41) is -0.562. The van der Waals surface area contributed by atoms with E-state index in [1.807, 2.05) is 0 Å². The Morgan fingerprint density at radius 1 is 1.78 bits per heavy atom. The van der Waals surface area contributed by atoms with Gasteiger partial charge in [0, 0.05) is 0 Å². The molecule has 0 saturated heterocycles. The molecule has 0 spiro atoms. The van der Waals surface area contributed by atoms with Gasteiger partial charge in [0.25, 0.3) is 0 Å². The van der Waals surface area contributed by atoms with E-state index in [2.05, 4.69) is 0 Å². The van der Waals surface area contributed by atoms with Gasteiger partial charge in [-0.3, -0.25) is 4.79 Å². The molecular formula is C5H8Cl2O2. The fourth-order valence-electron chi connectivity index (χ4n) is 0.302. The summed E-state index contributed by atoms with van der Waals surface area (Å²) in [4.78, 5) is 10.0. The Morgan fingerprint density at radius 2 is 2.33 bits per heavy atom. The van der Waals surface area contributed by atoms with Gasteiger partial charge >= 0.3 is 0 Å². The summed E-state index contributed by atoms with van der Waals surface area (Å²) in [5.74, 6) is 0. The maximum atomic E-state index is 10.0. The maximum Gasteiger partial charge on any atom is 0.247 e. The average Bonchev–Trinajstić information content (AvgIpc) is 1.63. The van der Waals surface area contributed by atoms with Crippen molar-refractivity contribution >= 4 is 28.4 Å². The number of carbonyl (C=O) groups excluding carboxylic acids is 1. The molecule has 2 nitrogen and oxygen atoms in total. The summed E-state index contributed by atoms with van der Waals surface area (Å²) in [6, 6.07) is 0. The van der Waals surface area contributed by atoms with Crippen molar-refractivity contribution in [2.45, 2.75) is 12.3 Å². The Balaban J connectivity index is 3.01. The zero-order valence-corrected chi connectivity index (χ0v) is 6.58. The van der Waals surface area contributed by atoms with E-state index in [0.29, 0.717) is 6.61 Å². The molecule has 0 aromatic rings. The number of hydrogen-bond acceptors (Lipinski definition) is 2. The first kappa shape index (κ1) is 9.21. The van der Waals surface area contributed by atoms with Crippen LogP contribution in [-0.4, -0.2) is 23.8 Å². The van der Waals surface area contributed by atoms with Gasteiger partial charge in [-0.1, -0.05) is 0 Å². The number of carbonyl (C=O) groups is 1. The molecule has 54 valence electrons. The van der Waals surface area contributed by atoms with Crippen molar-refractivity contribution in [3.05, 3.63) is 0 Å². The summed E-state index contributed by atoms with van der Waals surface area (Å²) >= 11 is 10.4. The van der Waals surface area contributed by atoms with E-state index in [4.69, 9.17) is 27.9 Å². The summed E-state index contributed by atoms with van der Waals surface area (Å²) in [5.41, 5.74) is 0. The largest absolute Gasteiger partial charge is 0.371 e. The molecule has 0 bridgehead atoms. The van der Waals surface area contributed by atoms with Gasteiger partial charge in [0.15, 0.2) is 0 Å². The van der Waals surface area contributed by atoms with Crippen LogP contribution in [0.3, 0.4) is 0 Å². The second kappa shape index (κ2) is 5.03. The third kappa shape index (κ3) is 8.21. The third-order valence-corrected chi connectivity index (χ3v) is 0.798. The lowest BCUT2D eigenvalue weighted by molar-refractivity contribution is -0.115. The Morgan fingerprint density at radius 3 is 2.67 bits per heavy atom. The predicted molar refractivity (Wildman–Crippen MR) is 37.0 cm³/mol. The van der Waals surface area contributed by atoms with Crippen LogP contribution in [-0.2, 0) is 9.53 Å². The first-order valence-electron chi connectivity index (χ1n) is 2.53. The van der Waals surface area contributed by atoms with Crippen molar-refractivity contribution in [3.63, 3.8) is 0 Å². The van der Waals surface area contributed by atoms with Crippen LogP contribution in [0.4, 0.5) is 0 Å². The normalized spacial score (nSPS) is 13.2. The van der Waals surface area contributed by atoms with Crippen LogP contribution < -0.4 is 0 Å². The minimum absolute atomic E-state index is 0.0569. The van der Waals surface area contributed by atoms with Crippen molar-refractivity contribution in [2.75, 3.05) is 13.2 Å². The van der Waals surface area contributed by atoms with E-state index in [1.165, 1.54) is 0 Å². The smallest absolute Gasteiger partial charge is 0.247 e. The molecular weight excluding hydrogens is 163 g/mol. The van der Waals surface area contributed by atoms with Crippen LogP contribution in [0.5, 0.6) is 0 Å². The molecule has 0 saturated carbocycles. The van der Waals surface area contributed by atoms with Crippen molar-refractivity contribution in [1.82, 2.24) is 0 Å². The Bertz CT molecular complexity index is 93.0. The van der Waals surface area contributed by atoms with Crippen molar-refractivity contribution < 1.29 is 9.53 Å². The first-order chi connectivity index (χ1) is 4.13. The van der Waals surface area contributed by atoms with Crippen molar-refractivity contribution in [3.8, 4) is 0 Å². The molecule has 4 heteroatoms. The maximum absolute atomic E-state index is 10.0. The number of ether oxygens (including phenoxy) is 1. The van der Waals surface area contributed by atoms with E-state index in [-0.39, 0.29) is 12.0 Å². The highest BCUT2D eigenvalue weighted by Crippen LogP contribution is 1.93. The molecule has 0 aromatic carbocycles. The Labute approximate surface area is 64.1 Å². The highest BCUT2D eigenvalue weighted by Gasteiger charge is 1.98. The minimum atomic E-state index is -0.493. The van der Waals surface area contributed by atoms with E-state index in [9.17, 15) is 4.79 Å². The van der Waals surface area contributed by atoms with Crippen LogP contribution >= 0.6 is 23.2 Å². The van der Waals surface area contributed by atoms with Gasteiger partial charge in [0.05, 0.1) is 12.0 Å². The van der Waals surface area contributed by atoms with Gasteiger partial charge < -0.3 is 4.74 Å². The van der Waals surface area contributed by atoms with Crippen LogP contribution in [0.1, 0.15) is 6.92 Å². The molecule has 0 aliphatic rings. The van der Waals surface area contributed by atoms with E-state index in [1.54, 1.807) is 6.92 Å². The fourth-order valence-corrected chi connectivity index (χ4v) is 0.468. The Hall–Kier alpha value is 0.210. The second-order valence-corrected chi connectivity index (χ2v) is 2.82. The summed E-state index contributed by atoms with van der Waals surface area (Å²) in [7, 11) is 0. The molecule has 0 aliphatic heterocycles. The molecule has 0 radical (unpaired) electrons. The number of hydrogen-bond donors (Lipinski definition) is 0. The predicted octanol–water partition coefficient (Wildman–Crippen LogP) is 1.40. The molecule has 0 heterocycles. The summed E-state index contributed by atoms with van der Waals surface area (Å²) in [6.07, 6.45) is 0. The number of rotatable bonds is 4. The fraction of sp³-hybridized carbons (Fsp3) is 0.800. The van der Waals surface area contributed by atoms with Gasteiger partial charge in [0.1, 0.15) is 6.61 Å². The van der Waals surface area contributed by atoms with Crippen LogP contribution in [0, 0.1) is 0 Å². The standard InChI is InChI=1S/C5H8Cl2O2/c1-4(6)2-9-3-5(7)8/h4H,2-3H2,1H3. The van der Waals surface area contributed by atoms with Crippen LogP contribution in [0.2, 0.25) is 0 Å². The van der Waals surface area contributed by atoms with Gasteiger partial charge in [-0.05, 0) is 18.5 Å². The lowest BCUT2D eigenvalue weighted by Crippen LogP contribution is -2.08. The minimum Gasteiger partial charge on any atom is -0.371 e. The zero-order valence-electron chi connectivity index (χ0n) is 5.06. The molecule has 0 fully saturated rings. The van der Waals surface area contributed by atoms with E-state index >= 15 is 0 Å². The molecule has 0 aromatic heterocycles. The topological polar surface area (TPSA) is 26.3 Å². The van der Waals surface area contributed by atoms with E-state index in [0.717, 1.165) is 0 Å². The van der Waals surface area contributed by atoms with Gasteiger partial charge in [0.2, 0.25) is 5.24 Å². The lowest BCUT2D eigenvalue weighted by Gasteiger charge is -2.00. The van der Waals surface area contributed by atoms with Crippen molar-refractivity contribution in [1.29, 1.82) is 0 Å². The quantitative estimate of drug-likeness (QED) is 0.472. The van der Waals surface area contributed by atoms with Gasteiger partial charge in [-0.25, -0.2) is 0 Å². The summed E-state index contributed by atoms with van der Waals surface area (Å²) in [6.45, 7) is 2.08. The van der Waals surface area contributed by atoms with E-state index < -0.39 is 5.24 Å². The van der Waals surface area contributed by atoms with Crippen LogP contribution in [0.15, 0.2) is 0 Å². The summed E-state index contributed by atoms with van der Waals surface area (Å²) < 4.78 is 4.74. The van der Waals surface area contributed by atoms with Gasteiger partial charge in [-0.15, -0.1) is 11.6 Å². The molecule has 0 N–H and O–H groups in total. The molecule has 9 heavy (non-hydrogen) atoms. The molecule has 0 rings (SSSR count). The lowest BCUT2D eigenvalue weighted by atomic mass is 10.5. The monoisotopic (exact) mass is 170 g/mol. The molecule has 1 unspecified atom stereocenters. The third-order valence-electron chi connectivity index (χ3n) is 0.563. The molecule has 0 amide bonds. The molecule has 0 aliphatic carbocycles. The Kier molecular flexibility index (Phi) is 5.15. The highest BCUT2D eigenvalue weighted by molar-refractivity contribution is 6.63. The van der Waals surface area contributed by atoms with Crippen LogP contribution in [0.25, 0.3) is 0 Å². The highest BCUT2D eigenvalue weighted by atomic mass is 35.5. The zero-order chi connectivity index (χ0) is 7.28. The number of halogens is 2. The first-order valence-corrected chi connectivity index (χ1v) is 3.34. The second-order valence-electron chi connectivity index (χ2n) is 1.65. The molecule has 1 atom stereocenters. The average molecular weight is 171 g/mol.